The fourth-order valence-electron chi connectivity index (χ4n) is 2.54. The Kier molecular flexibility index (Phi) is 3.44. The van der Waals surface area contributed by atoms with Crippen LogP contribution in [0.3, 0.4) is 0 Å². The van der Waals surface area contributed by atoms with Gasteiger partial charge in [-0.1, -0.05) is 17.7 Å². The second-order valence-corrected chi connectivity index (χ2v) is 5.64. The molecule has 0 aliphatic heterocycles. The van der Waals surface area contributed by atoms with Crippen molar-refractivity contribution in [2.45, 2.75) is 45.1 Å². The first kappa shape index (κ1) is 13.1. The number of benzene rings is 1. The van der Waals surface area contributed by atoms with Gasteiger partial charge in [-0.2, -0.15) is 0 Å². The van der Waals surface area contributed by atoms with Crippen LogP contribution < -0.4 is 10.6 Å². The summed E-state index contributed by atoms with van der Waals surface area (Å²) in [4.78, 5) is 14.0. The molecule has 98 valence electrons. The van der Waals surface area contributed by atoms with Crippen LogP contribution in [0.4, 0.5) is 5.69 Å². The summed E-state index contributed by atoms with van der Waals surface area (Å²) < 4.78 is 0. The number of carbonyl (C=O) groups excluding carboxylic acids is 1. The Morgan fingerprint density at radius 1 is 1.39 bits per heavy atom. The van der Waals surface area contributed by atoms with Gasteiger partial charge in [-0.05, 0) is 44.7 Å². The summed E-state index contributed by atoms with van der Waals surface area (Å²) in [6.45, 7) is 4.09. The summed E-state index contributed by atoms with van der Waals surface area (Å²) >= 11 is 0. The summed E-state index contributed by atoms with van der Waals surface area (Å²) in [6, 6.07) is 6.14. The van der Waals surface area contributed by atoms with Crippen molar-refractivity contribution in [3.8, 4) is 0 Å². The van der Waals surface area contributed by atoms with Crippen molar-refractivity contribution in [2.24, 2.45) is 5.73 Å². The first-order chi connectivity index (χ1) is 8.41. The van der Waals surface area contributed by atoms with Gasteiger partial charge in [0.25, 0.3) is 0 Å². The van der Waals surface area contributed by atoms with Gasteiger partial charge in [0.1, 0.15) is 0 Å². The molecule has 0 bridgehead atoms. The molecule has 1 aromatic carbocycles. The molecule has 1 amide bonds. The lowest BCUT2D eigenvalue weighted by atomic mass is 9.75. The van der Waals surface area contributed by atoms with Crippen LogP contribution in [0.1, 0.15) is 36.8 Å². The van der Waals surface area contributed by atoms with Gasteiger partial charge in [0, 0.05) is 24.7 Å². The minimum atomic E-state index is -0.246. The zero-order chi connectivity index (χ0) is 13.3. The summed E-state index contributed by atoms with van der Waals surface area (Å²) in [7, 11) is 1.84. The van der Waals surface area contributed by atoms with Crippen molar-refractivity contribution in [1.82, 2.24) is 0 Å². The van der Waals surface area contributed by atoms with Crippen LogP contribution >= 0.6 is 0 Å². The van der Waals surface area contributed by atoms with Crippen LogP contribution in [0.25, 0.3) is 0 Å². The molecule has 0 atom stereocenters. The molecule has 1 fully saturated rings. The van der Waals surface area contributed by atoms with E-state index in [1.807, 2.05) is 26.1 Å². The van der Waals surface area contributed by atoms with E-state index in [-0.39, 0.29) is 11.4 Å². The van der Waals surface area contributed by atoms with Gasteiger partial charge < -0.3 is 10.6 Å². The van der Waals surface area contributed by atoms with E-state index in [4.69, 9.17) is 5.73 Å². The lowest BCUT2D eigenvalue weighted by Gasteiger charge is -2.38. The molecular weight excluding hydrogens is 224 g/mol. The Morgan fingerprint density at radius 3 is 2.56 bits per heavy atom. The van der Waals surface area contributed by atoms with E-state index in [1.165, 1.54) is 5.56 Å². The zero-order valence-corrected chi connectivity index (χ0v) is 11.5. The Labute approximate surface area is 109 Å². The van der Waals surface area contributed by atoms with E-state index in [1.54, 1.807) is 4.90 Å². The number of nitrogens with zero attached hydrogens (tertiary/aromatic N) is 1. The van der Waals surface area contributed by atoms with Crippen molar-refractivity contribution in [3.05, 3.63) is 29.3 Å². The summed E-state index contributed by atoms with van der Waals surface area (Å²) in [5, 5.41) is 0. The first-order valence-electron chi connectivity index (χ1n) is 6.54. The second-order valence-electron chi connectivity index (χ2n) is 5.64. The first-order valence-corrected chi connectivity index (χ1v) is 6.54. The standard InChI is InChI=1S/C15H22N2O/c1-11-5-6-13(12(2)9-11)17(3)14(18)10-15(16)7-4-8-15/h5-6,9H,4,7-8,10,16H2,1-3H3. The predicted octanol–water partition coefficient (Wildman–Crippen LogP) is 2.54. The molecule has 2 N–H and O–H groups in total. The number of anilines is 1. The molecule has 0 spiro atoms. The van der Waals surface area contributed by atoms with E-state index in [9.17, 15) is 4.79 Å². The minimum Gasteiger partial charge on any atom is -0.325 e. The summed E-state index contributed by atoms with van der Waals surface area (Å²) in [6.07, 6.45) is 3.55. The molecule has 0 heterocycles. The third kappa shape index (κ3) is 2.56. The fourth-order valence-corrected chi connectivity index (χ4v) is 2.54. The van der Waals surface area contributed by atoms with Gasteiger partial charge in [-0.15, -0.1) is 0 Å². The molecule has 1 aliphatic rings. The van der Waals surface area contributed by atoms with Gasteiger partial charge in [-0.3, -0.25) is 4.79 Å². The quantitative estimate of drug-likeness (QED) is 0.891. The van der Waals surface area contributed by atoms with Crippen LogP contribution in [0.2, 0.25) is 0 Å². The van der Waals surface area contributed by atoms with Crippen molar-refractivity contribution >= 4 is 11.6 Å². The maximum atomic E-state index is 12.2. The number of amides is 1. The van der Waals surface area contributed by atoms with Crippen molar-refractivity contribution in [1.29, 1.82) is 0 Å². The molecule has 3 heteroatoms. The largest absolute Gasteiger partial charge is 0.325 e. The topological polar surface area (TPSA) is 46.3 Å². The lowest BCUT2D eigenvalue weighted by molar-refractivity contribution is -0.120. The monoisotopic (exact) mass is 246 g/mol. The van der Waals surface area contributed by atoms with E-state index < -0.39 is 0 Å². The highest BCUT2D eigenvalue weighted by Crippen LogP contribution is 2.33. The van der Waals surface area contributed by atoms with Crippen molar-refractivity contribution < 1.29 is 4.79 Å². The molecule has 0 radical (unpaired) electrons. The van der Waals surface area contributed by atoms with Crippen LogP contribution in [-0.2, 0) is 4.79 Å². The van der Waals surface area contributed by atoms with E-state index in [0.717, 1.165) is 30.5 Å². The number of nitrogens with two attached hydrogens (primary N) is 1. The van der Waals surface area contributed by atoms with Crippen LogP contribution in [0.5, 0.6) is 0 Å². The molecular formula is C15H22N2O. The average molecular weight is 246 g/mol. The summed E-state index contributed by atoms with van der Waals surface area (Å²) in [5.74, 6) is 0.115. The fraction of sp³-hybridized carbons (Fsp3) is 0.533. The highest BCUT2D eigenvalue weighted by Gasteiger charge is 2.35. The lowest BCUT2D eigenvalue weighted by Crippen LogP contribution is -2.50. The molecule has 18 heavy (non-hydrogen) atoms. The molecule has 2 rings (SSSR count). The van der Waals surface area contributed by atoms with E-state index in [0.29, 0.717) is 6.42 Å². The maximum absolute atomic E-state index is 12.2. The second kappa shape index (κ2) is 4.73. The normalized spacial score (nSPS) is 17.1. The van der Waals surface area contributed by atoms with Gasteiger partial charge >= 0.3 is 0 Å². The van der Waals surface area contributed by atoms with Gasteiger partial charge in [-0.25, -0.2) is 0 Å². The van der Waals surface area contributed by atoms with Gasteiger partial charge in [0.15, 0.2) is 0 Å². The minimum absolute atomic E-state index is 0.115. The average Bonchev–Trinajstić information content (AvgIpc) is 2.26. The molecule has 1 aliphatic carbocycles. The molecule has 3 nitrogen and oxygen atoms in total. The van der Waals surface area contributed by atoms with Crippen LogP contribution in [0.15, 0.2) is 18.2 Å². The number of carbonyl (C=O) groups is 1. The highest BCUT2D eigenvalue weighted by molar-refractivity contribution is 5.94. The predicted molar refractivity (Wildman–Crippen MR) is 74.7 cm³/mol. The number of hydrogen-bond acceptors (Lipinski definition) is 2. The van der Waals surface area contributed by atoms with Crippen molar-refractivity contribution in [2.75, 3.05) is 11.9 Å². The zero-order valence-electron chi connectivity index (χ0n) is 11.5. The number of rotatable bonds is 3. The third-order valence-corrected chi connectivity index (χ3v) is 3.94. The molecule has 1 saturated carbocycles. The SMILES string of the molecule is Cc1ccc(N(C)C(=O)CC2(N)CCC2)c(C)c1. The smallest absolute Gasteiger partial charge is 0.228 e. The Bertz CT molecular complexity index is 464. The molecule has 0 unspecified atom stereocenters. The molecule has 1 aromatic rings. The van der Waals surface area contributed by atoms with Gasteiger partial charge in [0.2, 0.25) is 5.91 Å². The van der Waals surface area contributed by atoms with E-state index in [2.05, 4.69) is 13.0 Å². The number of hydrogen-bond donors (Lipinski definition) is 1. The van der Waals surface area contributed by atoms with E-state index >= 15 is 0 Å². The van der Waals surface area contributed by atoms with Crippen molar-refractivity contribution in [3.63, 3.8) is 0 Å². The Balaban J connectivity index is 2.10. The summed E-state index contributed by atoms with van der Waals surface area (Å²) in [5.41, 5.74) is 9.21. The van der Waals surface area contributed by atoms with Crippen LogP contribution in [0, 0.1) is 13.8 Å². The van der Waals surface area contributed by atoms with Gasteiger partial charge in [0.05, 0.1) is 0 Å². The third-order valence-electron chi connectivity index (χ3n) is 3.94. The highest BCUT2D eigenvalue weighted by atomic mass is 16.2. The van der Waals surface area contributed by atoms with Crippen LogP contribution in [-0.4, -0.2) is 18.5 Å². The number of aryl methyl sites for hydroxylation is 2. The molecule has 0 aromatic heterocycles. The molecule has 0 saturated heterocycles. The Morgan fingerprint density at radius 2 is 2.06 bits per heavy atom. The Hall–Kier alpha value is -1.35. The maximum Gasteiger partial charge on any atom is 0.228 e.